The van der Waals surface area contributed by atoms with E-state index in [1.54, 1.807) is 39.5 Å². The fourth-order valence-electron chi connectivity index (χ4n) is 17.1. The number of hydrogen-bond donors (Lipinski definition) is 3. The van der Waals surface area contributed by atoms with Gasteiger partial charge in [0.2, 0.25) is 70.9 Å². The van der Waals surface area contributed by atoms with E-state index in [-0.39, 0.29) is 96.2 Å². The van der Waals surface area contributed by atoms with Crippen LogP contribution in [-0.2, 0) is 62.3 Å². The van der Waals surface area contributed by atoms with Gasteiger partial charge in [-0.15, -0.1) is 0 Å². The number of likely N-dealkylation sites (tertiary alicyclic amines) is 1. The maximum absolute atomic E-state index is 15.7. The number of amides is 12. The number of alkyl halides is 8. The van der Waals surface area contributed by atoms with Gasteiger partial charge >= 0.3 is 12.4 Å². The molecular formula is C75H118F8N12O13. The predicted octanol–water partition coefficient (Wildman–Crippen LogP) is 6.57. The number of nitrogens with zero attached hydrogens (tertiary/aromatic N) is 9. The molecule has 0 aromatic rings. The van der Waals surface area contributed by atoms with Gasteiger partial charge < -0.3 is 64.8 Å². The van der Waals surface area contributed by atoms with Crippen LogP contribution in [-0.4, -0.2) is 287 Å². The summed E-state index contributed by atoms with van der Waals surface area (Å²) in [5.74, 6) is -17.0. The van der Waals surface area contributed by atoms with Crippen molar-refractivity contribution in [1.29, 1.82) is 0 Å². The first kappa shape index (κ1) is 88.3. The van der Waals surface area contributed by atoms with Gasteiger partial charge in [0.05, 0.1) is 25.0 Å². The van der Waals surface area contributed by atoms with Crippen LogP contribution in [0.25, 0.3) is 0 Å². The second-order valence-electron chi connectivity index (χ2n) is 32.3. The fourth-order valence-corrected chi connectivity index (χ4v) is 17.1. The normalized spacial score (nSPS) is 32.5. The van der Waals surface area contributed by atoms with Gasteiger partial charge in [0.15, 0.2) is 0 Å². The lowest BCUT2D eigenvalue weighted by Crippen LogP contribution is -2.65. The minimum atomic E-state index is -5.22. The van der Waals surface area contributed by atoms with E-state index in [0.717, 1.165) is 24.5 Å². The molecule has 3 saturated carbocycles. The lowest BCUT2D eigenvalue weighted by molar-refractivity contribution is -0.219. The summed E-state index contributed by atoms with van der Waals surface area (Å²) < 4.78 is 121. The van der Waals surface area contributed by atoms with Crippen LogP contribution in [0, 0.1) is 41.4 Å². The molecule has 14 atom stereocenters. The van der Waals surface area contributed by atoms with Crippen molar-refractivity contribution in [2.45, 2.75) is 281 Å². The number of rotatable bonds is 14. The SMILES string of the molecule is CCO[C@@H]1C[C@H]2C(=O)NC3(CCCC3)C(=O)N(C)[C@@H]([C@@H](C)CC)C(=O)N(C)[C@H](C(=O)N3CCCC3)CC(=O)N(C)[C@@H](CC(C)C)C(=O)N[C@@H]([C@@H](C)CC)C(=O)N(C)[C@@H](C)C(=O)N3CC[C@H]3C(=O)N(C)[C@@H](CC3CCC(C(F)(F)F)CC3)C(=O)N(C)CC(=O)N[C@@H](CCC3CC(F)C(C(F)(F)F)C(F)C3)C(=O)N2C1. The van der Waals surface area contributed by atoms with Crippen molar-refractivity contribution in [3.05, 3.63) is 0 Å². The molecular weight excluding hydrogens is 1430 g/mol. The Morgan fingerprint density at radius 2 is 1.19 bits per heavy atom. The van der Waals surface area contributed by atoms with Gasteiger partial charge in [-0.2, -0.15) is 26.3 Å². The first-order chi connectivity index (χ1) is 50.5. The standard InChI is InChI=1S/C75H118F8N12O13/c1-15-43(6)61-70(105)88(10)45(8)65(100)94-33-28-53(94)68(103)90(12)56(37-46-22-25-48(26-23-46)74(78,79)80)67(102)87(9)41-58(96)84-52(27-24-47-35-50(76)60(51(77)36-47)75(81,82)83)66(101)95-40-49(108-17-3)38-55(95)64(99)86-73(29-18-19-30-73)72(107)92(14)62(44(7)16-2)71(106)91(13)57(69(104)93-31-20-21-32-93)39-59(97)89(11)54(34-42(4)5)63(98)85-61/h42-57,60-62H,15-41H2,1-14H3,(H,84,96)(H,85,98)(H,86,99)/t43-,44-,45-,46?,47?,48?,49+,50?,51?,52-,53-,54-,55-,56-,57-,60?,61-,62-/m0/s1. The topological polar surface area (TPSA) is 279 Å². The highest BCUT2D eigenvalue weighted by molar-refractivity contribution is 6.01. The molecule has 3 N–H and O–H groups in total. The highest BCUT2D eigenvalue weighted by atomic mass is 19.4. The van der Waals surface area contributed by atoms with E-state index in [1.165, 1.54) is 63.9 Å². The number of nitrogens with one attached hydrogen (secondary N) is 3. The zero-order valence-corrected chi connectivity index (χ0v) is 65.4. The summed E-state index contributed by atoms with van der Waals surface area (Å²) in [5.41, 5.74) is -1.73. The number of fused-ring (bicyclic) bond motifs is 2. The van der Waals surface area contributed by atoms with Crippen LogP contribution >= 0.6 is 0 Å². The van der Waals surface area contributed by atoms with E-state index in [2.05, 4.69) is 16.0 Å². The van der Waals surface area contributed by atoms with Gasteiger partial charge in [-0.1, -0.05) is 67.2 Å². The molecule has 3 aliphatic carbocycles. The highest BCUT2D eigenvalue weighted by Crippen LogP contribution is 2.45. The number of ether oxygens (including phenoxy) is 1. The summed E-state index contributed by atoms with van der Waals surface area (Å²) in [6, 6.07) is -12.6. The molecule has 25 nitrogen and oxygen atoms in total. The summed E-state index contributed by atoms with van der Waals surface area (Å²) in [6.07, 6.45) is -16.8. The summed E-state index contributed by atoms with van der Waals surface area (Å²) >= 11 is 0. The quantitative estimate of drug-likeness (QED) is 0.155. The first-order valence-electron chi connectivity index (χ1n) is 39.0. The van der Waals surface area contributed by atoms with Gasteiger partial charge in [-0.25, -0.2) is 8.78 Å². The lowest BCUT2D eigenvalue weighted by Gasteiger charge is -2.45. The summed E-state index contributed by atoms with van der Waals surface area (Å²) in [5, 5.41) is 8.46. The molecule has 108 heavy (non-hydrogen) atoms. The molecule has 0 bridgehead atoms. The molecule has 4 heterocycles. The minimum Gasteiger partial charge on any atom is -0.377 e. The average Bonchev–Trinajstić information content (AvgIpc) is 1.21. The van der Waals surface area contributed by atoms with Crippen LogP contribution in [0.5, 0.6) is 0 Å². The molecule has 4 aliphatic heterocycles. The molecule has 7 rings (SSSR count). The molecule has 0 radical (unpaired) electrons. The van der Waals surface area contributed by atoms with Crippen LogP contribution < -0.4 is 16.0 Å². The van der Waals surface area contributed by atoms with Crippen molar-refractivity contribution >= 4 is 70.9 Å². The second-order valence-corrected chi connectivity index (χ2v) is 32.3. The van der Waals surface area contributed by atoms with Gasteiger partial charge in [-0.3, -0.25) is 57.5 Å². The Morgan fingerprint density at radius 1 is 0.593 bits per heavy atom. The van der Waals surface area contributed by atoms with Crippen LogP contribution in [0.15, 0.2) is 0 Å². The predicted molar refractivity (Wildman–Crippen MR) is 381 cm³/mol. The molecule has 4 saturated heterocycles. The Morgan fingerprint density at radius 3 is 1.73 bits per heavy atom. The largest absolute Gasteiger partial charge is 0.397 e. The molecule has 7 fully saturated rings. The molecule has 612 valence electrons. The fraction of sp³-hybridized carbons (Fsp3) is 0.840. The Hall–Kier alpha value is -6.96. The molecule has 1 spiro atoms. The van der Waals surface area contributed by atoms with Crippen molar-refractivity contribution in [3.8, 4) is 0 Å². The van der Waals surface area contributed by atoms with E-state index in [0.29, 0.717) is 51.6 Å². The Kier molecular flexibility index (Phi) is 30.5. The van der Waals surface area contributed by atoms with Crippen LogP contribution in [0.2, 0.25) is 0 Å². The smallest absolute Gasteiger partial charge is 0.377 e. The molecule has 7 aliphatic rings. The lowest BCUT2D eigenvalue weighted by atomic mass is 9.76. The number of likely N-dealkylation sites (N-methyl/N-ethyl adjacent to an activating group) is 6. The summed E-state index contributed by atoms with van der Waals surface area (Å²) in [6.45, 7) is 13.3. The Bertz CT molecular complexity index is 3190. The van der Waals surface area contributed by atoms with Gasteiger partial charge in [0.25, 0.3) is 0 Å². The second kappa shape index (κ2) is 37.4. The van der Waals surface area contributed by atoms with E-state index in [4.69, 9.17) is 4.74 Å². The van der Waals surface area contributed by atoms with Crippen molar-refractivity contribution in [3.63, 3.8) is 0 Å². The summed E-state index contributed by atoms with van der Waals surface area (Å²) in [7, 11) is 7.99. The van der Waals surface area contributed by atoms with Crippen molar-refractivity contribution in [1.82, 2.24) is 60.0 Å². The number of carbonyl (C=O) groups is 12. The van der Waals surface area contributed by atoms with Gasteiger partial charge in [0.1, 0.15) is 78.2 Å². The molecule has 0 aromatic carbocycles. The third kappa shape index (κ3) is 20.6. The molecule has 0 aromatic heterocycles. The van der Waals surface area contributed by atoms with E-state index in [1.807, 2.05) is 13.8 Å². The number of hydrogen-bond acceptors (Lipinski definition) is 13. The third-order valence-corrected chi connectivity index (χ3v) is 24.5. The monoisotopic (exact) mass is 1550 g/mol. The Balaban J connectivity index is 1.32. The number of halogens is 8. The Labute approximate surface area is 630 Å². The maximum atomic E-state index is 15.7. The zero-order chi connectivity index (χ0) is 80.5. The van der Waals surface area contributed by atoms with E-state index < -0.39 is 229 Å². The molecule has 12 amide bonds. The minimum absolute atomic E-state index is 0.00155. The summed E-state index contributed by atoms with van der Waals surface area (Å²) in [4.78, 5) is 192. The maximum Gasteiger partial charge on any atom is 0.397 e. The van der Waals surface area contributed by atoms with Crippen molar-refractivity contribution < 1.29 is 97.4 Å². The van der Waals surface area contributed by atoms with E-state index >= 15 is 37.5 Å². The highest BCUT2D eigenvalue weighted by Gasteiger charge is 2.56. The average molecular weight is 1550 g/mol. The van der Waals surface area contributed by atoms with Crippen LogP contribution in [0.3, 0.4) is 0 Å². The van der Waals surface area contributed by atoms with Crippen molar-refractivity contribution in [2.75, 3.05) is 81.6 Å². The van der Waals surface area contributed by atoms with Crippen LogP contribution in [0.1, 0.15) is 190 Å². The zero-order valence-electron chi connectivity index (χ0n) is 65.4. The van der Waals surface area contributed by atoms with E-state index in [9.17, 15) is 55.1 Å². The molecule has 2 unspecified atom stereocenters. The van der Waals surface area contributed by atoms with Gasteiger partial charge in [0, 0.05) is 81.5 Å². The van der Waals surface area contributed by atoms with Crippen molar-refractivity contribution in [2.24, 2.45) is 41.4 Å². The first-order valence-corrected chi connectivity index (χ1v) is 39.0. The van der Waals surface area contributed by atoms with Gasteiger partial charge in [-0.05, 0) is 140 Å². The third-order valence-electron chi connectivity index (χ3n) is 24.5. The number of carbonyl (C=O) groups excluding carboxylic acids is 12. The van der Waals surface area contributed by atoms with Crippen LogP contribution in [0.4, 0.5) is 35.1 Å². The molecule has 33 heteroatoms.